The van der Waals surface area contributed by atoms with Crippen molar-refractivity contribution in [2.45, 2.75) is 31.4 Å². The number of Topliss-reactive ketones (excluding diaryl/α,β-unsaturated/α-hetero) is 1. The molecule has 0 bridgehead atoms. The molecule has 1 unspecified atom stereocenters. The highest BCUT2D eigenvalue weighted by atomic mass is 35.5. The van der Waals surface area contributed by atoms with E-state index < -0.39 is 29.9 Å². The molecule has 12 nitrogen and oxygen atoms in total. The maximum atomic E-state index is 13.2. The molecule has 43 heavy (non-hydrogen) atoms. The number of ether oxygens (including phenoxy) is 4. The SMILES string of the molecule is COc1cc2c(c(OC)c1OC)C(=O)CC(c1cccc(NC(=O)c3cc(NC(=O)CC[C@H](N)C(=O)O)ccc3Cl)c1)O2. The van der Waals surface area contributed by atoms with E-state index in [-0.39, 0.29) is 58.4 Å². The first-order valence-corrected chi connectivity index (χ1v) is 13.5. The number of carbonyl (C=O) groups excluding carboxylic acids is 3. The number of nitrogens with one attached hydrogen (secondary N) is 2. The van der Waals surface area contributed by atoms with Crippen LogP contribution in [0.1, 0.15) is 51.6 Å². The minimum absolute atomic E-state index is 0.0151. The highest BCUT2D eigenvalue weighted by Gasteiger charge is 2.34. The summed E-state index contributed by atoms with van der Waals surface area (Å²) in [6.45, 7) is 0. The molecule has 3 aromatic carbocycles. The van der Waals surface area contributed by atoms with E-state index in [2.05, 4.69) is 10.6 Å². The molecule has 3 aromatic rings. The quantitative estimate of drug-likeness (QED) is 0.242. The van der Waals surface area contributed by atoms with Crippen LogP contribution in [0.25, 0.3) is 0 Å². The van der Waals surface area contributed by atoms with Gasteiger partial charge in [-0.25, -0.2) is 0 Å². The Morgan fingerprint density at radius 3 is 2.42 bits per heavy atom. The first-order valence-electron chi connectivity index (χ1n) is 13.1. The van der Waals surface area contributed by atoms with Crippen LogP contribution in [0, 0.1) is 0 Å². The minimum Gasteiger partial charge on any atom is -0.493 e. The number of carbonyl (C=O) groups is 4. The molecule has 226 valence electrons. The Hall–Kier alpha value is -4.81. The highest BCUT2D eigenvalue weighted by Crippen LogP contribution is 2.49. The van der Waals surface area contributed by atoms with Gasteiger partial charge in [0.15, 0.2) is 17.3 Å². The lowest BCUT2D eigenvalue weighted by Crippen LogP contribution is -2.31. The predicted molar refractivity (Wildman–Crippen MR) is 158 cm³/mol. The molecule has 0 saturated carbocycles. The lowest BCUT2D eigenvalue weighted by Gasteiger charge is -2.28. The number of anilines is 2. The van der Waals surface area contributed by atoms with Crippen LogP contribution in [0.5, 0.6) is 23.0 Å². The largest absolute Gasteiger partial charge is 0.493 e. The van der Waals surface area contributed by atoms with Gasteiger partial charge in [-0.15, -0.1) is 0 Å². The number of amides is 2. The number of rotatable bonds is 11. The zero-order valence-corrected chi connectivity index (χ0v) is 24.3. The molecule has 2 atom stereocenters. The summed E-state index contributed by atoms with van der Waals surface area (Å²) in [6, 6.07) is 11.6. The van der Waals surface area contributed by atoms with Crippen molar-refractivity contribution in [3.8, 4) is 23.0 Å². The smallest absolute Gasteiger partial charge is 0.320 e. The highest BCUT2D eigenvalue weighted by molar-refractivity contribution is 6.34. The van der Waals surface area contributed by atoms with Gasteiger partial charge >= 0.3 is 5.97 Å². The molecular weight excluding hydrogens is 582 g/mol. The van der Waals surface area contributed by atoms with E-state index in [4.69, 9.17) is 41.4 Å². The molecule has 13 heteroatoms. The summed E-state index contributed by atoms with van der Waals surface area (Å²) < 4.78 is 22.4. The van der Waals surface area contributed by atoms with Gasteiger partial charge in [0.1, 0.15) is 23.5 Å². The molecule has 2 amide bonds. The monoisotopic (exact) mass is 611 g/mol. The molecule has 0 aliphatic carbocycles. The molecule has 1 heterocycles. The van der Waals surface area contributed by atoms with Gasteiger partial charge in [-0.3, -0.25) is 19.2 Å². The van der Waals surface area contributed by atoms with Crippen molar-refractivity contribution in [2.75, 3.05) is 32.0 Å². The number of hydrogen-bond donors (Lipinski definition) is 4. The lowest BCUT2D eigenvalue weighted by atomic mass is 9.94. The number of carboxylic acid groups (broad SMARTS) is 1. The van der Waals surface area contributed by atoms with Crippen molar-refractivity contribution < 1.29 is 43.2 Å². The molecule has 0 spiro atoms. The first-order chi connectivity index (χ1) is 20.6. The van der Waals surface area contributed by atoms with Crippen LogP contribution in [0.4, 0.5) is 11.4 Å². The van der Waals surface area contributed by atoms with E-state index in [1.807, 2.05) is 0 Å². The number of fused-ring (bicyclic) bond motifs is 1. The van der Waals surface area contributed by atoms with E-state index in [0.717, 1.165) is 0 Å². The molecule has 0 fully saturated rings. The molecule has 0 saturated heterocycles. The fourth-order valence-electron chi connectivity index (χ4n) is 4.57. The van der Waals surface area contributed by atoms with Crippen molar-refractivity contribution in [2.24, 2.45) is 5.73 Å². The van der Waals surface area contributed by atoms with Crippen LogP contribution in [-0.4, -0.2) is 56.0 Å². The predicted octanol–water partition coefficient (Wildman–Crippen LogP) is 4.46. The minimum atomic E-state index is -1.20. The fourth-order valence-corrected chi connectivity index (χ4v) is 4.77. The number of ketones is 1. The van der Waals surface area contributed by atoms with E-state index in [0.29, 0.717) is 22.7 Å². The average Bonchev–Trinajstić information content (AvgIpc) is 2.99. The Balaban J connectivity index is 1.50. The Morgan fingerprint density at radius 2 is 1.74 bits per heavy atom. The number of hydrogen-bond acceptors (Lipinski definition) is 9. The van der Waals surface area contributed by atoms with Crippen LogP contribution in [0.2, 0.25) is 5.02 Å². The number of methoxy groups -OCH3 is 3. The third-order valence-electron chi connectivity index (χ3n) is 6.72. The summed E-state index contributed by atoms with van der Waals surface area (Å²) in [5, 5.41) is 14.4. The van der Waals surface area contributed by atoms with Gasteiger partial charge in [0.25, 0.3) is 5.91 Å². The second kappa shape index (κ2) is 13.4. The normalized spacial score (nSPS) is 14.5. The van der Waals surface area contributed by atoms with Gasteiger partial charge in [0.05, 0.1) is 38.3 Å². The van der Waals surface area contributed by atoms with Crippen LogP contribution in [-0.2, 0) is 9.59 Å². The van der Waals surface area contributed by atoms with Crippen LogP contribution < -0.4 is 35.3 Å². The first kappa shape index (κ1) is 31.1. The third-order valence-corrected chi connectivity index (χ3v) is 7.05. The van der Waals surface area contributed by atoms with Crippen molar-refractivity contribution in [3.05, 3.63) is 70.2 Å². The Bertz CT molecular complexity index is 1580. The zero-order chi connectivity index (χ0) is 31.3. The zero-order valence-electron chi connectivity index (χ0n) is 23.6. The van der Waals surface area contributed by atoms with Gasteiger partial charge in [-0.2, -0.15) is 0 Å². The maximum absolute atomic E-state index is 13.2. The molecular formula is C30H30ClN3O9. The summed E-state index contributed by atoms with van der Waals surface area (Å²) in [5.74, 6) is -1.29. The van der Waals surface area contributed by atoms with Crippen molar-refractivity contribution in [1.82, 2.24) is 0 Å². The van der Waals surface area contributed by atoms with Crippen LogP contribution in [0.15, 0.2) is 48.5 Å². The number of carboxylic acids is 1. The van der Waals surface area contributed by atoms with E-state index in [1.165, 1.54) is 39.5 Å². The maximum Gasteiger partial charge on any atom is 0.320 e. The van der Waals surface area contributed by atoms with Gasteiger partial charge in [0, 0.05) is 23.9 Å². The van der Waals surface area contributed by atoms with Crippen molar-refractivity contribution in [1.29, 1.82) is 0 Å². The summed E-state index contributed by atoms with van der Waals surface area (Å²) in [4.78, 5) is 49.5. The van der Waals surface area contributed by atoms with Gasteiger partial charge in [-0.05, 0) is 42.3 Å². The van der Waals surface area contributed by atoms with Gasteiger partial charge in [-0.1, -0.05) is 23.7 Å². The average molecular weight is 612 g/mol. The topological polar surface area (TPSA) is 176 Å². The number of benzene rings is 3. The molecule has 1 aliphatic heterocycles. The van der Waals surface area contributed by atoms with Gasteiger partial charge < -0.3 is 40.4 Å². The molecule has 4 rings (SSSR count). The molecule has 5 N–H and O–H groups in total. The second-order valence-electron chi connectivity index (χ2n) is 9.56. The van der Waals surface area contributed by atoms with E-state index >= 15 is 0 Å². The number of nitrogens with two attached hydrogens (primary N) is 1. The van der Waals surface area contributed by atoms with Crippen molar-refractivity contribution in [3.63, 3.8) is 0 Å². The molecule has 0 aromatic heterocycles. The van der Waals surface area contributed by atoms with E-state index in [9.17, 15) is 19.2 Å². The van der Waals surface area contributed by atoms with Crippen molar-refractivity contribution >= 4 is 46.5 Å². The summed E-state index contributed by atoms with van der Waals surface area (Å²) in [7, 11) is 4.34. The molecule has 1 aliphatic rings. The Morgan fingerprint density at radius 1 is 1.02 bits per heavy atom. The second-order valence-corrected chi connectivity index (χ2v) is 9.97. The summed E-state index contributed by atoms with van der Waals surface area (Å²) in [6.07, 6.45) is -0.805. The molecule has 0 radical (unpaired) electrons. The fraction of sp³-hybridized carbons (Fsp3) is 0.267. The lowest BCUT2D eigenvalue weighted by molar-refractivity contribution is -0.138. The summed E-state index contributed by atoms with van der Waals surface area (Å²) >= 11 is 6.28. The van der Waals surface area contributed by atoms with Crippen LogP contribution in [0.3, 0.4) is 0 Å². The van der Waals surface area contributed by atoms with E-state index in [1.54, 1.807) is 30.3 Å². The Kier molecular flexibility index (Phi) is 9.73. The third kappa shape index (κ3) is 6.99. The standard InChI is InChI=1S/C30H30ClN3O9/c1-40-24-14-23-26(28(42-3)27(24)41-2)21(35)13-22(43-23)15-5-4-6-16(11-15)34-29(37)18-12-17(7-8-19(18)31)33-25(36)10-9-20(32)30(38)39/h4-8,11-12,14,20,22H,9-10,13,32H2,1-3H3,(H,33,36)(H,34,37)(H,38,39)/t20-,22?/m0/s1. The Labute approximate surface area is 252 Å². The number of halogens is 1. The van der Waals surface area contributed by atoms with Gasteiger partial charge in [0.2, 0.25) is 11.7 Å². The summed E-state index contributed by atoms with van der Waals surface area (Å²) in [5.41, 5.74) is 7.15. The number of aliphatic carboxylic acids is 1. The van der Waals surface area contributed by atoms with Crippen LogP contribution >= 0.6 is 11.6 Å².